The first-order valence-electron chi connectivity index (χ1n) is 16.6. The first kappa shape index (κ1) is 32.1. The van der Waals surface area contributed by atoms with E-state index in [0.29, 0.717) is 22.9 Å². The summed E-state index contributed by atoms with van der Waals surface area (Å²) in [5.41, 5.74) is 2.11. The molecule has 230 valence electrons. The van der Waals surface area contributed by atoms with Gasteiger partial charge in [0.1, 0.15) is 5.60 Å². The van der Waals surface area contributed by atoms with Crippen molar-refractivity contribution in [3.63, 3.8) is 0 Å². The Kier molecular flexibility index (Phi) is 8.86. The maximum atomic E-state index is 12.5. The molecule has 4 aliphatic carbocycles. The van der Waals surface area contributed by atoms with Gasteiger partial charge in [0, 0.05) is 19.7 Å². The minimum Gasteiger partial charge on any atom is -0.444 e. The lowest BCUT2D eigenvalue weighted by Crippen LogP contribution is -2.52. The van der Waals surface area contributed by atoms with E-state index in [0.717, 1.165) is 36.6 Å². The van der Waals surface area contributed by atoms with Gasteiger partial charge in [-0.25, -0.2) is 4.79 Å². The third-order valence-electron chi connectivity index (χ3n) is 12.7. The number of carbonyl (C=O) groups excluding carboxylic acids is 1. The molecule has 1 unspecified atom stereocenters. The molecule has 3 saturated carbocycles. The van der Waals surface area contributed by atoms with Gasteiger partial charge in [0.05, 0.1) is 0 Å². The van der Waals surface area contributed by atoms with Crippen LogP contribution in [0.15, 0.2) is 11.6 Å². The standard InChI is InChI=1S/C35H63NO3Si/c1-24(19-22-36(10)31(37)38-32(2,3)4)28-15-16-29-27-14-13-25-23-26(39-40(11,12)33(5,6)7)17-20-34(25,8)30(27)18-21-35(28,29)9/h13,24,26-30H,14-23H2,1-12H3/t24-,26?,27+,28-,29+,30+,34+,35-/m1/s1. The predicted molar refractivity (Wildman–Crippen MR) is 170 cm³/mol. The first-order chi connectivity index (χ1) is 18.3. The van der Waals surface area contributed by atoms with E-state index < -0.39 is 13.9 Å². The lowest BCUT2D eigenvalue weighted by molar-refractivity contribution is -0.0567. The Morgan fingerprint density at radius 2 is 1.73 bits per heavy atom. The molecule has 4 aliphatic rings. The fraction of sp³-hybridized carbons (Fsp3) is 0.914. The molecule has 0 aromatic carbocycles. The summed E-state index contributed by atoms with van der Waals surface area (Å²) in [5, 5.41) is 0.273. The summed E-state index contributed by atoms with van der Waals surface area (Å²) in [6.45, 7) is 26.3. The molecule has 0 aromatic rings. The van der Waals surface area contributed by atoms with E-state index in [2.05, 4.69) is 60.7 Å². The Morgan fingerprint density at radius 3 is 2.35 bits per heavy atom. The van der Waals surface area contributed by atoms with Crippen LogP contribution in [-0.4, -0.2) is 44.6 Å². The third-order valence-corrected chi connectivity index (χ3v) is 17.2. The van der Waals surface area contributed by atoms with Gasteiger partial charge in [-0.2, -0.15) is 0 Å². The van der Waals surface area contributed by atoms with E-state index >= 15 is 0 Å². The Balaban J connectivity index is 1.40. The molecule has 4 rings (SSSR count). The Hall–Kier alpha value is -0.813. The molecule has 0 aromatic heterocycles. The molecule has 0 heterocycles. The number of rotatable bonds is 6. The zero-order chi connectivity index (χ0) is 29.9. The average Bonchev–Trinajstić information content (AvgIpc) is 3.18. The topological polar surface area (TPSA) is 38.8 Å². The van der Waals surface area contributed by atoms with Crippen LogP contribution < -0.4 is 0 Å². The minimum atomic E-state index is -1.74. The zero-order valence-electron chi connectivity index (χ0n) is 28.3. The molecule has 0 spiro atoms. The lowest BCUT2D eigenvalue weighted by atomic mass is 9.47. The van der Waals surface area contributed by atoms with Crippen LogP contribution >= 0.6 is 0 Å². The summed E-state index contributed by atoms with van der Waals surface area (Å²) in [7, 11) is 0.152. The van der Waals surface area contributed by atoms with Crippen LogP contribution in [0.4, 0.5) is 4.79 Å². The Labute approximate surface area is 248 Å². The summed E-state index contributed by atoms with van der Waals surface area (Å²) < 4.78 is 12.5. The maximum Gasteiger partial charge on any atom is 0.410 e. The zero-order valence-corrected chi connectivity index (χ0v) is 29.3. The van der Waals surface area contributed by atoms with E-state index in [1.165, 1.54) is 51.4 Å². The van der Waals surface area contributed by atoms with Crippen LogP contribution in [0, 0.1) is 40.4 Å². The van der Waals surface area contributed by atoms with Crippen LogP contribution in [0.5, 0.6) is 0 Å². The van der Waals surface area contributed by atoms with Gasteiger partial charge < -0.3 is 14.1 Å². The lowest BCUT2D eigenvalue weighted by Gasteiger charge is -2.59. The molecular weight excluding hydrogens is 510 g/mol. The van der Waals surface area contributed by atoms with Crippen molar-refractivity contribution in [3.8, 4) is 0 Å². The van der Waals surface area contributed by atoms with Crippen molar-refractivity contribution in [3.05, 3.63) is 11.6 Å². The maximum absolute atomic E-state index is 12.5. The van der Waals surface area contributed by atoms with Crippen LogP contribution in [0.1, 0.15) is 120 Å². The SMILES string of the molecule is C[C@H](CCN(C)C(=O)OC(C)(C)C)[C@H]1CC[C@H]2[C@@H]3CC=C4CC(O[Si](C)(C)C(C)(C)C)CC[C@]4(C)[C@H]3CC[C@]12C. The van der Waals surface area contributed by atoms with Crippen LogP contribution in [-0.2, 0) is 9.16 Å². The van der Waals surface area contributed by atoms with Gasteiger partial charge in [-0.15, -0.1) is 0 Å². The van der Waals surface area contributed by atoms with Gasteiger partial charge in [0.2, 0.25) is 0 Å². The molecule has 3 fully saturated rings. The third kappa shape index (κ3) is 6.12. The van der Waals surface area contributed by atoms with Crippen LogP contribution in [0.25, 0.3) is 0 Å². The molecule has 0 N–H and O–H groups in total. The predicted octanol–water partition coefficient (Wildman–Crippen LogP) is 9.85. The number of allylic oxidation sites excluding steroid dienone is 1. The average molecular weight is 574 g/mol. The molecule has 0 saturated heterocycles. The number of hydrogen-bond acceptors (Lipinski definition) is 3. The highest BCUT2D eigenvalue weighted by Crippen LogP contribution is 2.67. The van der Waals surface area contributed by atoms with Gasteiger partial charge in [-0.3, -0.25) is 0 Å². The molecule has 0 bridgehead atoms. The number of amides is 1. The Morgan fingerprint density at radius 1 is 1.05 bits per heavy atom. The van der Waals surface area contributed by atoms with Gasteiger partial charge >= 0.3 is 6.09 Å². The van der Waals surface area contributed by atoms with Crippen molar-refractivity contribution in [2.24, 2.45) is 40.4 Å². The number of fused-ring (bicyclic) bond motifs is 5. The molecule has 4 nitrogen and oxygen atoms in total. The van der Waals surface area contributed by atoms with E-state index in [1.807, 2.05) is 27.8 Å². The van der Waals surface area contributed by atoms with Gasteiger partial charge in [-0.05, 0) is 137 Å². The van der Waals surface area contributed by atoms with Crippen LogP contribution in [0.3, 0.4) is 0 Å². The van der Waals surface area contributed by atoms with Crippen molar-refractivity contribution in [2.45, 2.75) is 150 Å². The first-order valence-corrected chi connectivity index (χ1v) is 19.5. The number of nitrogens with zero attached hydrogens (tertiary/aromatic N) is 1. The quantitative estimate of drug-likeness (QED) is 0.234. The molecule has 40 heavy (non-hydrogen) atoms. The number of hydrogen-bond donors (Lipinski definition) is 0. The fourth-order valence-electron chi connectivity index (χ4n) is 9.33. The molecule has 5 heteroatoms. The van der Waals surface area contributed by atoms with E-state index in [-0.39, 0.29) is 11.1 Å². The van der Waals surface area contributed by atoms with Gasteiger partial charge in [-0.1, -0.05) is 53.2 Å². The summed E-state index contributed by atoms with van der Waals surface area (Å²) >= 11 is 0. The van der Waals surface area contributed by atoms with Crippen molar-refractivity contribution < 1.29 is 14.0 Å². The van der Waals surface area contributed by atoms with Gasteiger partial charge in [0.25, 0.3) is 0 Å². The second kappa shape index (κ2) is 11.0. The monoisotopic (exact) mass is 573 g/mol. The molecule has 0 radical (unpaired) electrons. The molecular formula is C35H63NO3Si. The summed E-state index contributed by atoms with van der Waals surface area (Å²) in [6, 6.07) is 0. The summed E-state index contributed by atoms with van der Waals surface area (Å²) in [4.78, 5) is 14.3. The normalized spacial score (nSPS) is 37.1. The van der Waals surface area contributed by atoms with Gasteiger partial charge in [0.15, 0.2) is 8.32 Å². The highest BCUT2D eigenvalue weighted by Gasteiger charge is 2.59. The molecule has 1 amide bonds. The summed E-state index contributed by atoms with van der Waals surface area (Å²) in [6.07, 6.45) is 14.5. The minimum absolute atomic E-state index is 0.196. The second-order valence-corrected chi connectivity index (χ2v) is 22.2. The van der Waals surface area contributed by atoms with Crippen molar-refractivity contribution >= 4 is 14.4 Å². The molecule has 0 aliphatic heterocycles. The van der Waals surface area contributed by atoms with E-state index in [4.69, 9.17) is 9.16 Å². The van der Waals surface area contributed by atoms with Crippen LogP contribution in [0.2, 0.25) is 18.1 Å². The van der Waals surface area contributed by atoms with Crippen molar-refractivity contribution in [1.29, 1.82) is 0 Å². The fourth-order valence-corrected chi connectivity index (χ4v) is 10.7. The number of carbonyl (C=O) groups is 1. The van der Waals surface area contributed by atoms with Crippen molar-refractivity contribution in [1.82, 2.24) is 4.90 Å². The highest BCUT2D eigenvalue weighted by atomic mass is 28.4. The van der Waals surface area contributed by atoms with E-state index in [9.17, 15) is 4.79 Å². The highest BCUT2D eigenvalue weighted by molar-refractivity contribution is 6.74. The summed E-state index contributed by atoms with van der Waals surface area (Å²) in [5.74, 6) is 3.92. The van der Waals surface area contributed by atoms with E-state index in [1.54, 1.807) is 10.5 Å². The van der Waals surface area contributed by atoms with Crippen molar-refractivity contribution in [2.75, 3.05) is 13.6 Å². The Bertz CT molecular complexity index is 961. The largest absolute Gasteiger partial charge is 0.444 e. The smallest absolute Gasteiger partial charge is 0.410 e. The number of ether oxygens (including phenoxy) is 1. The molecule has 8 atom stereocenters. The second-order valence-electron chi connectivity index (χ2n) is 17.4.